The molecule has 0 fully saturated rings. The highest BCUT2D eigenvalue weighted by atomic mass is 19.1. The molecule has 22 heavy (non-hydrogen) atoms. The van der Waals surface area contributed by atoms with Crippen LogP contribution in [0.3, 0.4) is 0 Å². The Morgan fingerprint density at radius 2 is 1.86 bits per heavy atom. The predicted octanol–water partition coefficient (Wildman–Crippen LogP) is 3.36. The normalized spacial score (nSPS) is 10.3. The molecule has 116 valence electrons. The van der Waals surface area contributed by atoms with Crippen LogP contribution in [0, 0.1) is 5.82 Å². The molecular weight excluding hydrogens is 283 g/mol. The van der Waals surface area contributed by atoms with E-state index >= 15 is 0 Å². The molecule has 6 heteroatoms. The summed E-state index contributed by atoms with van der Waals surface area (Å²) in [5, 5.41) is 13.6. The van der Waals surface area contributed by atoms with Crippen molar-refractivity contribution in [1.29, 1.82) is 0 Å². The Balaban J connectivity index is 1.87. The molecule has 0 spiro atoms. The minimum atomic E-state index is -0.261. The zero-order valence-electron chi connectivity index (χ0n) is 12.5. The third-order valence-corrected chi connectivity index (χ3v) is 3.11. The lowest BCUT2D eigenvalue weighted by Gasteiger charge is -2.07. The summed E-state index contributed by atoms with van der Waals surface area (Å²) in [5.74, 6) is 0.610. The number of halogens is 1. The molecule has 0 atom stereocenters. The zero-order valence-corrected chi connectivity index (χ0v) is 12.5. The fourth-order valence-electron chi connectivity index (χ4n) is 1.86. The first-order chi connectivity index (χ1) is 10.7. The third kappa shape index (κ3) is 4.80. The lowest BCUT2D eigenvalue weighted by atomic mass is 10.2. The van der Waals surface area contributed by atoms with E-state index < -0.39 is 0 Å². The molecule has 5 nitrogen and oxygen atoms in total. The number of carbonyl (C=O) groups excluding carboxylic acids is 1. The summed E-state index contributed by atoms with van der Waals surface area (Å²) in [7, 11) is 0. The molecule has 1 amide bonds. The highest BCUT2D eigenvalue weighted by molar-refractivity contribution is 5.89. The van der Waals surface area contributed by atoms with Crippen molar-refractivity contribution in [1.82, 2.24) is 10.2 Å². The van der Waals surface area contributed by atoms with Gasteiger partial charge in [0.25, 0.3) is 0 Å². The van der Waals surface area contributed by atoms with Crippen molar-refractivity contribution >= 4 is 17.5 Å². The van der Waals surface area contributed by atoms with E-state index in [1.165, 1.54) is 6.07 Å². The van der Waals surface area contributed by atoms with Gasteiger partial charge in [-0.3, -0.25) is 4.79 Å². The minimum Gasteiger partial charge on any atom is -0.364 e. The van der Waals surface area contributed by atoms with E-state index in [1.54, 1.807) is 30.3 Å². The summed E-state index contributed by atoms with van der Waals surface area (Å²) in [6.45, 7) is 2.35. The highest BCUT2D eigenvalue weighted by Gasteiger charge is 2.04. The quantitative estimate of drug-likeness (QED) is 0.823. The summed E-state index contributed by atoms with van der Waals surface area (Å²) in [4.78, 5) is 11.6. The number of hydrogen-bond donors (Lipinski definition) is 2. The van der Waals surface area contributed by atoms with Gasteiger partial charge in [-0.2, -0.15) is 0 Å². The maximum absolute atomic E-state index is 13.5. The molecule has 0 saturated carbocycles. The summed E-state index contributed by atoms with van der Waals surface area (Å²) in [5.41, 5.74) is 0.557. The summed E-state index contributed by atoms with van der Waals surface area (Å²) in [6, 6.07) is 9.91. The van der Waals surface area contributed by atoms with Crippen molar-refractivity contribution in [2.45, 2.75) is 32.7 Å². The smallest absolute Gasteiger partial charge is 0.225 e. The number of nitrogens with one attached hydrogen (secondary N) is 2. The Hall–Kier alpha value is -2.50. The van der Waals surface area contributed by atoms with Gasteiger partial charge in [-0.25, -0.2) is 4.39 Å². The number of anilines is 2. The van der Waals surface area contributed by atoms with E-state index in [2.05, 4.69) is 20.8 Å². The van der Waals surface area contributed by atoms with Crippen molar-refractivity contribution in [3.8, 4) is 0 Å². The molecule has 0 bridgehead atoms. The maximum atomic E-state index is 13.5. The number of aromatic nitrogens is 2. The van der Waals surface area contributed by atoms with Crippen LogP contribution in [-0.4, -0.2) is 16.1 Å². The molecule has 0 saturated heterocycles. The lowest BCUT2D eigenvalue weighted by molar-refractivity contribution is -0.116. The van der Waals surface area contributed by atoms with Gasteiger partial charge < -0.3 is 10.6 Å². The van der Waals surface area contributed by atoms with Gasteiger partial charge in [0.2, 0.25) is 5.91 Å². The number of carbonyl (C=O) groups is 1. The largest absolute Gasteiger partial charge is 0.364 e. The van der Waals surface area contributed by atoms with Crippen LogP contribution in [0.25, 0.3) is 0 Å². The van der Waals surface area contributed by atoms with Crippen molar-refractivity contribution in [2.75, 3.05) is 10.6 Å². The Labute approximate surface area is 129 Å². The van der Waals surface area contributed by atoms with Crippen LogP contribution in [0.4, 0.5) is 16.0 Å². The third-order valence-electron chi connectivity index (χ3n) is 3.11. The molecule has 2 rings (SSSR count). The molecule has 0 aliphatic rings. The summed E-state index contributed by atoms with van der Waals surface area (Å²) >= 11 is 0. The van der Waals surface area contributed by atoms with Gasteiger partial charge in [0.1, 0.15) is 11.6 Å². The Bertz CT molecular complexity index is 616. The number of unbranched alkanes of at least 4 members (excludes halogenated alkanes) is 1. The van der Waals surface area contributed by atoms with E-state index in [1.807, 2.05) is 6.92 Å². The predicted molar refractivity (Wildman–Crippen MR) is 83.9 cm³/mol. The minimum absolute atomic E-state index is 0.0665. The summed E-state index contributed by atoms with van der Waals surface area (Å²) < 4.78 is 13.5. The zero-order chi connectivity index (χ0) is 15.8. The molecule has 0 unspecified atom stereocenters. The van der Waals surface area contributed by atoms with Gasteiger partial charge in [0.15, 0.2) is 5.82 Å². The van der Waals surface area contributed by atoms with Crippen LogP contribution < -0.4 is 10.6 Å². The van der Waals surface area contributed by atoms with E-state index in [0.717, 1.165) is 12.8 Å². The number of amides is 1. The molecular formula is C16H19FN4O. The first-order valence-corrected chi connectivity index (χ1v) is 7.30. The maximum Gasteiger partial charge on any atom is 0.225 e. The Kier molecular flexibility index (Phi) is 5.82. The molecule has 1 heterocycles. The molecule has 2 aromatic rings. The molecule has 1 aromatic carbocycles. The molecule has 0 aliphatic heterocycles. The Morgan fingerprint density at radius 1 is 1.14 bits per heavy atom. The van der Waals surface area contributed by atoms with Crippen molar-refractivity contribution in [2.24, 2.45) is 0 Å². The average Bonchev–Trinajstić information content (AvgIpc) is 2.53. The number of nitrogens with zero attached hydrogens (tertiary/aromatic N) is 2. The lowest BCUT2D eigenvalue weighted by Crippen LogP contribution is -2.13. The Morgan fingerprint density at radius 3 is 2.55 bits per heavy atom. The van der Waals surface area contributed by atoms with Gasteiger partial charge in [-0.05, 0) is 24.6 Å². The SMILES string of the molecule is CCCCC(=O)Nc1ccc(NCc2ccccc2F)nn1. The second kappa shape index (κ2) is 8.07. The van der Waals surface area contributed by atoms with Gasteiger partial charge in [0, 0.05) is 18.5 Å². The summed E-state index contributed by atoms with van der Waals surface area (Å²) in [6.07, 6.45) is 2.30. The number of rotatable bonds is 7. The second-order valence-corrected chi connectivity index (χ2v) is 4.90. The molecule has 0 radical (unpaired) electrons. The fourth-order valence-corrected chi connectivity index (χ4v) is 1.86. The van der Waals surface area contributed by atoms with Crippen molar-refractivity contribution in [3.05, 3.63) is 47.8 Å². The number of hydrogen-bond acceptors (Lipinski definition) is 4. The standard InChI is InChI=1S/C16H19FN4O/c1-2-3-8-16(22)19-15-10-9-14(20-21-15)18-11-12-6-4-5-7-13(12)17/h4-7,9-10H,2-3,8,11H2,1H3,(H,18,20)(H,19,21,22). The highest BCUT2D eigenvalue weighted by Crippen LogP contribution is 2.11. The van der Waals surface area contributed by atoms with Crippen LogP contribution in [-0.2, 0) is 11.3 Å². The van der Waals surface area contributed by atoms with Crippen molar-refractivity contribution < 1.29 is 9.18 Å². The van der Waals surface area contributed by atoms with Crippen LogP contribution in [0.15, 0.2) is 36.4 Å². The second-order valence-electron chi connectivity index (χ2n) is 4.90. The molecule has 2 N–H and O–H groups in total. The fraction of sp³-hybridized carbons (Fsp3) is 0.312. The first-order valence-electron chi connectivity index (χ1n) is 7.30. The van der Waals surface area contributed by atoms with Crippen LogP contribution >= 0.6 is 0 Å². The average molecular weight is 302 g/mol. The van der Waals surface area contributed by atoms with E-state index in [-0.39, 0.29) is 11.7 Å². The molecule has 1 aromatic heterocycles. The monoisotopic (exact) mass is 302 g/mol. The van der Waals surface area contributed by atoms with Gasteiger partial charge in [-0.1, -0.05) is 31.5 Å². The van der Waals surface area contributed by atoms with E-state index in [4.69, 9.17) is 0 Å². The van der Waals surface area contributed by atoms with Crippen molar-refractivity contribution in [3.63, 3.8) is 0 Å². The van der Waals surface area contributed by atoms with Gasteiger partial charge in [0.05, 0.1) is 0 Å². The van der Waals surface area contributed by atoms with Gasteiger partial charge >= 0.3 is 0 Å². The number of benzene rings is 1. The van der Waals surface area contributed by atoms with E-state index in [0.29, 0.717) is 30.2 Å². The molecule has 0 aliphatic carbocycles. The van der Waals surface area contributed by atoms with Crippen LogP contribution in [0.5, 0.6) is 0 Å². The topological polar surface area (TPSA) is 66.9 Å². The first kappa shape index (κ1) is 15.9. The van der Waals surface area contributed by atoms with E-state index in [9.17, 15) is 9.18 Å². The van der Waals surface area contributed by atoms with Crippen LogP contribution in [0.1, 0.15) is 31.7 Å². The van der Waals surface area contributed by atoms with Gasteiger partial charge in [-0.15, -0.1) is 10.2 Å². The van der Waals surface area contributed by atoms with Crippen LogP contribution in [0.2, 0.25) is 0 Å².